The number of aliphatic imine (C=N–C) groups is 1. The fourth-order valence-corrected chi connectivity index (χ4v) is 2.93. The number of ether oxygens (including phenoxy) is 1. The van der Waals surface area contributed by atoms with Crippen molar-refractivity contribution < 1.29 is 9.84 Å². The Balaban J connectivity index is 1.68. The van der Waals surface area contributed by atoms with Gasteiger partial charge in [-0.25, -0.2) is 0 Å². The first-order valence-corrected chi connectivity index (χ1v) is 8.54. The summed E-state index contributed by atoms with van der Waals surface area (Å²) in [6.07, 6.45) is 3.21. The van der Waals surface area contributed by atoms with E-state index in [1.54, 1.807) is 12.1 Å². The van der Waals surface area contributed by atoms with Crippen molar-refractivity contribution in [1.29, 1.82) is 0 Å². The molecule has 0 aliphatic carbocycles. The lowest BCUT2D eigenvalue weighted by Crippen LogP contribution is -2.40. The molecule has 128 valence electrons. The Bertz CT molecular complexity index is 488. The number of aromatic hydroxyl groups is 1. The minimum Gasteiger partial charge on any atom is -0.508 e. The van der Waals surface area contributed by atoms with Crippen LogP contribution in [-0.2, 0) is 11.2 Å². The smallest absolute Gasteiger partial charge is 0.193 e. The van der Waals surface area contributed by atoms with Crippen molar-refractivity contribution >= 4 is 5.96 Å². The largest absolute Gasteiger partial charge is 0.508 e. The first-order valence-electron chi connectivity index (χ1n) is 8.54. The van der Waals surface area contributed by atoms with Gasteiger partial charge in [0.2, 0.25) is 0 Å². The van der Waals surface area contributed by atoms with E-state index in [4.69, 9.17) is 4.74 Å². The second-order valence-electron chi connectivity index (χ2n) is 6.00. The zero-order valence-corrected chi connectivity index (χ0v) is 14.3. The summed E-state index contributed by atoms with van der Waals surface area (Å²) in [5, 5.41) is 12.7. The Morgan fingerprint density at radius 3 is 2.87 bits per heavy atom. The molecule has 2 N–H and O–H groups in total. The van der Waals surface area contributed by atoms with E-state index in [1.807, 2.05) is 26.1 Å². The predicted octanol–water partition coefficient (Wildman–Crippen LogP) is 2.26. The zero-order chi connectivity index (χ0) is 16.5. The average molecular weight is 319 g/mol. The van der Waals surface area contributed by atoms with Crippen molar-refractivity contribution in [3.63, 3.8) is 0 Å². The molecule has 1 atom stereocenters. The lowest BCUT2D eigenvalue weighted by molar-refractivity contribution is 0.114. The number of benzene rings is 1. The van der Waals surface area contributed by atoms with Gasteiger partial charge in [-0.1, -0.05) is 12.1 Å². The highest BCUT2D eigenvalue weighted by Gasteiger charge is 2.24. The molecule has 0 radical (unpaired) electrons. The van der Waals surface area contributed by atoms with Crippen molar-refractivity contribution in [2.45, 2.75) is 26.2 Å². The van der Waals surface area contributed by atoms with E-state index in [9.17, 15) is 5.11 Å². The molecule has 1 unspecified atom stereocenters. The first-order chi connectivity index (χ1) is 11.2. The molecule has 5 nitrogen and oxygen atoms in total. The Hall–Kier alpha value is -1.75. The molecule has 1 heterocycles. The standard InChI is InChI=1S/C18H29N3O2/c1-3-23-14-16-10-12-21(13-16)18(19-2)20-11-4-5-15-6-8-17(22)9-7-15/h6-9,16,22H,3-5,10-14H2,1-2H3,(H,19,20). The summed E-state index contributed by atoms with van der Waals surface area (Å²) in [5.41, 5.74) is 1.25. The summed E-state index contributed by atoms with van der Waals surface area (Å²) in [7, 11) is 1.85. The summed E-state index contributed by atoms with van der Waals surface area (Å²) in [6.45, 7) is 6.67. The van der Waals surface area contributed by atoms with Gasteiger partial charge in [0.25, 0.3) is 0 Å². The van der Waals surface area contributed by atoms with Gasteiger partial charge in [-0.3, -0.25) is 4.99 Å². The minimum absolute atomic E-state index is 0.322. The van der Waals surface area contributed by atoms with E-state index in [0.29, 0.717) is 11.7 Å². The Morgan fingerprint density at radius 2 is 2.17 bits per heavy atom. The Kier molecular flexibility index (Phi) is 7.20. The Labute approximate surface area is 139 Å². The van der Waals surface area contributed by atoms with Crippen molar-refractivity contribution in [2.24, 2.45) is 10.9 Å². The van der Waals surface area contributed by atoms with E-state index in [2.05, 4.69) is 15.2 Å². The lowest BCUT2D eigenvalue weighted by Gasteiger charge is -2.21. The lowest BCUT2D eigenvalue weighted by atomic mass is 10.1. The van der Waals surface area contributed by atoms with E-state index in [0.717, 1.165) is 51.6 Å². The molecule has 0 bridgehead atoms. The molecule has 0 saturated carbocycles. The van der Waals surface area contributed by atoms with E-state index < -0.39 is 0 Å². The van der Waals surface area contributed by atoms with Crippen LogP contribution in [0.15, 0.2) is 29.3 Å². The first kappa shape index (κ1) is 17.6. The number of rotatable bonds is 7. The Morgan fingerprint density at radius 1 is 1.39 bits per heavy atom. The fourth-order valence-electron chi connectivity index (χ4n) is 2.93. The predicted molar refractivity (Wildman–Crippen MR) is 94.0 cm³/mol. The molecule has 1 saturated heterocycles. The van der Waals surface area contributed by atoms with E-state index in [1.165, 1.54) is 12.0 Å². The molecule has 23 heavy (non-hydrogen) atoms. The average Bonchev–Trinajstić information content (AvgIpc) is 3.03. The third kappa shape index (κ3) is 5.75. The van der Waals surface area contributed by atoms with Gasteiger partial charge in [0.15, 0.2) is 5.96 Å². The van der Waals surface area contributed by atoms with Crippen LogP contribution in [0.1, 0.15) is 25.3 Å². The summed E-state index contributed by atoms with van der Waals surface area (Å²) in [4.78, 5) is 6.72. The molecular weight excluding hydrogens is 290 g/mol. The van der Waals surface area contributed by atoms with Crippen LogP contribution in [0, 0.1) is 5.92 Å². The van der Waals surface area contributed by atoms with Crippen LogP contribution in [0.4, 0.5) is 0 Å². The van der Waals surface area contributed by atoms with Gasteiger partial charge in [-0.15, -0.1) is 0 Å². The molecule has 1 aliphatic heterocycles. The highest BCUT2D eigenvalue weighted by Crippen LogP contribution is 2.16. The molecule has 1 fully saturated rings. The molecular formula is C18H29N3O2. The van der Waals surface area contributed by atoms with Crippen LogP contribution in [0.3, 0.4) is 0 Å². The second kappa shape index (κ2) is 9.40. The van der Waals surface area contributed by atoms with Gasteiger partial charge in [0.05, 0.1) is 6.61 Å². The van der Waals surface area contributed by atoms with Gasteiger partial charge in [-0.2, -0.15) is 0 Å². The number of aryl methyl sites for hydroxylation is 1. The molecule has 5 heteroatoms. The molecule has 0 aromatic heterocycles. The third-order valence-corrected chi connectivity index (χ3v) is 4.22. The highest BCUT2D eigenvalue weighted by atomic mass is 16.5. The third-order valence-electron chi connectivity index (χ3n) is 4.22. The summed E-state index contributed by atoms with van der Waals surface area (Å²) in [6, 6.07) is 7.43. The van der Waals surface area contributed by atoms with Gasteiger partial charge in [0.1, 0.15) is 5.75 Å². The van der Waals surface area contributed by atoms with Crippen molar-refractivity contribution in [3.05, 3.63) is 29.8 Å². The molecule has 0 amide bonds. The van der Waals surface area contributed by atoms with Crippen LogP contribution < -0.4 is 5.32 Å². The highest BCUT2D eigenvalue weighted by molar-refractivity contribution is 5.80. The molecule has 2 rings (SSSR count). The van der Waals surface area contributed by atoms with Gasteiger partial charge in [0, 0.05) is 39.2 Å². The van der Waals surface area contributed by atoms with Gasteiger partial charge in [-0.05, 0) is 43.9 Å². The van der Waals surface area contributed by atoms with Crippen molar-refractivity contribution in [1.82, 2.24) is 10.2 Å². The summed E-state index contributed by atoms with van der Waals surface area (Å²) in [5.74, 6) is 1.93. The summed E-state index contributed by atoms with van der Waals surface area (Å²) < 4.78 is 5.53. The number of guanidine groups is 1. The zero-order valence-electron chi connectivity index (χ0n) is 14.3. The van der Waals surface area contributed by atoms with E-state index in [-0.39, 0.29) is 0 Å². The van der Waals surface area contributed by atoms with Crippen LogP contribution in [-0.4, -0.2) is 55.9 Å². The number of phenolic OH excluding ortho intramolecular Hbond substituents is 1. The molecule has 1 aliphatic rings. The fraction of sp³-hybridized carbons (Fsp3) is 0.611. The second-order valence-corrected chi connectivity index (χ2v) is 6.00. The van der Waals surface area contributed by atoms with Crippen LogP contribution in [0.5, 0.6) is 5.75 Å². The number of phenols is 1. The quantitative estimate of drug-likeness (QED) is 0.460. The summed E-state index contributed by atoms with van der Waals surface area (Å²) >= 11 is 0. The molecule has 1 aromatic rings. The molecule has 0 spiro atoms. The maximum atomic E-state index is 9.29. The van der Waals surface area contributed by atoms with Crippen LogP contribution >= 0.6 is 0 Å². The maximum Gasteiger partial charge on any atom is 0.193 e. The van der Waals surface area contributed by atoms with Crippen LogP contribution in [0.2, 0.25) is 0 Å². The maximum absolute atomic E-state index is 9.29. The molecule has 1 aromatic carbocycles. The number of hydrogen-bond donors (Lipinski definition) is 2. The van der Waals surface area contributed by atoms with Gasteiger partial charge >= 0.3 is 0 Å². The number of nitrogens with zero attached hydrogens (tertiary/aromatic N) is 2. The monoisotopic (exact) mass is 319 g/mol. The van der Waals surface area contributed by atoms with Crippen molar-refractivity contribution in [2.75, 3.05) is 39.9 Å². The number of likely N-dealkylation sites (tertiary alicyclic amines) is 1. The SMILES string of the molecule is CCOCC1CCN(C(=NC)NCCCc2ccc(O)cc2)C1. The normalized spacial score (nSPS) is 18.4. The topological polar surface area (TPSA) is 57.1 Å². The number of nitrogens with one attached hydrogen (secondary N) is 1. The minimum atomic E-state index is 0.322. The van der Waals surface area contributed by atoms with E-state index >= 15 is 0 Å². The van der Waals surface area contributed by atoms with Gasteiger partial charge < -0.3 is 20.1 Å². The van der Waals surface area contributed by atoms with Crippen molar-refractivity contribution in [3.8, 4) is 5.75 Å². The number of hydrogen-bond acceptors (Lipinski definition) is 3. The van der Waals surface area contributed by atoms with Crippen LogP contribution in [0.25, 0.3) is 0 Å².